The summed E-state index contributed by atoms with van der Waals surface area (Å²) in [5.41, 5.74) is -0.485. The van der Waals surface area contributed by atoms with Crippen molar-refractivity contribution in [3.05, 3.63) is 0 Å². The van der Waals surface area contributed by atoms with Crippen molar-refractivity contribution in [1.29, 1.82) is 0 Å². The summed E-state index contributed by atoms with van der Waals surface area (Å²) >= 11 is 0. The Kier molecular flexibility index (Phi) is 8.19. The van der Waals surface area contributed by atoms with E-state index in [-0.39, 0.29) is 24.0 Å². The fraction of sp³-hybridized carbons (Fsp3) is 0.895. The van der Waals surface area contributed by atoms with Crippen molar-refractivity contribution in [2.45, 2.75) is 65.5 Å². The summed E-state index contributed by atoms with van der Waals surface area (Å²) in [4.78, 5) is 28.5. The van der Waals surface area contributed by atoms with E-state index in [9.17, 15) is 9.59 Å². The van der Waals surface area contributed by atoms with Crippen LogP contribution in [-0.2, 0) is 9.53 Å². The van der Waals surface area contributed by atoms with Gasteiger partial charge in [0.1, 0.15) is 5.60 Å². The van der Waals surface area contributed by atoms with E-state index in [1.807, 2.05) is 34.9 Å². The Bertz CT molecular complexity index is 426. The maximum Gasteiger partial charge on any atom is 0.410 e. The van der Waals surface area contributed by atoms with Crippen LogP contribution in [0, 0.1) is 11.8 Å². The molecule has 1 aliphatic rings. The minimum Gasteiger partial charge on any atom is -0.444 e. The number of piperidine rings is 1. The van der Waals surface area contributed by atoms with Crippen molar-refractivity contribution in [1.82, 2.24) is 15.1 Å². The SMILES string of the molecule is CC(C)C[C@@H](CN(C)C)NC(=O)C1CCN(C(=O)OC(C)(C)C)CC1. The zero-order valence-electron chi connectivity index (χ0n) is 17.1. The second-order valence-corrected chi connectivity index (χ2v) is 8.84. The average Bonchev–Trinajstić information content (AvgIpc) is 2.44. The maximum absolute atomic E-state index is 12.6. The van der Waals surface area contributed by atoms with Crippen LogP contribution < -0.4 is 5.32 Å². The van der Waals surface area contributed by atoms with Gasteiger partial charge in [-0.25, -0.2) is 4.79 Å². The van der Waals surface area contributed by atoms with Crippen molar-refractivity contribution in [2.75, 3.05) is 33.7 Å². The fourth-order valence-corrected chi connectivity index (χ4v) is 3.16. The minimum atomic E-state index is -0.485. The number of amides is 2. The summed E-state index contributed by atoms with van der Waals surface area (Å²) in [7, 11) is 4.05. The Labute approximate surface area is 153 Å². The van der Waals surface area contributed by atoms with Crippen LogP contribution >= 0.6 is 0 Å². The topological polar surface area (TPSA) is 61.9 Å². The Morgan fingerprint density at radius 3 is 2.20 bits per heavy atom. The summed E-state index contributed by atoms with van der Waals surface area (Å²) in [6.07, 6.45) is 2.08. The van der Waals surface area contributed by atoms with Crippen molar-refractivity contribution in [3.63, 3.8) is 0 Å². The van der Waals surface area contributed by atoms with Gasteiger partial charge < -0.3 is 19.9 Å². The number of hydrogen-bond donors (Lipinski definition) is 1. The van der Waals surface area contributed by atoms with Crippen molar-refractivity contribution < 1.29 is 14.3 Å². The van der Waals surface area contributed by atoms with Crippen LogP contribution in [0.3, 0.4) is 0 Å². The third-order valence-electron chi connectivity index (χ3n) is 4.21. The second-order valence-electron chi connectivity index (χ2n) is 8.84. The lowest BCUT2D eigenvalue weighted by Crippen LogP contribution is -2.48. The number of hydrogen-bond acceptors (Lipinski definition) is 4. The van der Waals surface area contributed by atoms with E-state index >= 15 is 0 Å². The third kappa shape index (κ3) is 8.56. The first-order valence-corrected chi connectivity index (χ1v) is 9.41. The van der Waals surface area contributed by atoms with Crippen LogP contribution in [0.15, 0.2) is 0 Å². The predicted molar refractivity (Wildman–Crippen MR) is 100 cm³/mol. The largest absolute Gasteiger partial charge is 0.444 e. The predicted octanol–water partition coefficient (Wildman–Crippen LogP) is 2.73. The standard InChI is InChI=1S/C19H37N3O3/c1-14(2)12-16(13-21(6)7)20-17(23)15-8-10-22(11-9-15)18(24)25-19(3,4)5/h14-16H,8-13H2,1-7H3,(H,20,23)/t16-/m0/s1. The Morgan fingerprint density at radius 2 is 1.76 bits per heavy atom. The number of carbonyl (C=O) groups excluding carboxylic acids is 2. The van der Waals surface area contributed by atoms with Gasteiger partial charge in [-0.15, -0.1) is 0 Å². The van der Waals surface area contributed by atoms with Gasteiger partial charge in [-0.1, -0.05) is 13.8 Å². The molecule has 0 saturated carbocycles. The molecule has 0 unspecified atom stereocenters. The normalized spacial score (nSPS) is 17.7. The van der Waals surface area contributed by atoms with Gasteiger partial charge in [0.2, 0.25) is 5.91 Å². The smallest absolute Gasteiger partial charge is 0.410 e. The van der Waals surface area contributed by atoms with E-state index in [2.05, 4.69) is 24.1 Å². The molecule has 0 aromatic carbocycles. The summed E-state index contributed by atoms with van der Waals surface area (Å²) in [5.74, 6) is 0.645. The number of rotatable bonds is 6. The molecule has 0 radical (unpaired) electrons. The van der Waals surface area contributed by atoms with Gasteiger partial charge in [0.05, 0.1) is 0 Å². The number of carbonyl (C=O) groups is 2. The lowest BCUT2D eigenvalue weighted by Gasteiger charge is -2.34. The monoisotopic (exact) mass is 355 g/mol. The van der Waals surface area contributed by atoms with Crippen LogP contribution in [0.2, 0.25) is 0 Å². The Balaban J connectivity index is 2.49. The number of ether oxygens (including phenoxy) is 1. The molecule has 1 N–H and O–H groups in total. The van der Waals surface area contributed by atoms with Crippen molar-refractivity contribution in [3.8, 4) is 0 Å². The molecule has 1 fully saturated rings. The van der Waals surface area contributed by atoms with Crippen molar-refractivity contribution in [2.24, 2.45) is 11.8 Å². The summed E-state index contributed by atoms with van der Waals surface area (Å²) in [6, 6.07) is 0.173. The highest BCUT2D eigenvalue weighted by molar-refractivity contribution is 5.79. The van der Waals surface area contributed by atoms with E-state index in [4.69, 9.17) is 4.74 Å². The average molecular weight is 356 g/mol. The quantitative estimate of drug-likeness (QED) is 0.796. The van der Waals surface area contributed by atoms with Gasteiger partial charge in [0.15, 0.2) is 0 Å². The molecule has 146 valence electrons. The van der Waals surface area contributed by atoms with E-state index in [0.29, 0.717) is 31.8 Å². The molecular weight excluding hydrogens is 318 g/mol. The molecule has 0 aromatic rings. The zero-order chi connectivity index (χ0) is 19.2. The molecule has 6 heteroatoms. The molecule has 0 aromatic heterocycles. The van der Waals surface area contributed by atoms with E-state index in [1.54, 1.807) is 4.90 Å². The molecule has 1 atom stereocenters. The van der Waals surface area contributed by atoms with Crippen LogP contribution in [0.1, 0.15) is 53.9 Å². The molecule has 0 spiro atoms. The molecular formula is C19H37N3O3. The van der Waals surface area contributed by atoms with Crippen LogP contribution in [0.25, 0.3) is 0 Å². The van der Waals surface area contributed by atoms with Gasteiger partial charge in [0.25, 0.3) is 0 Å². The molecule has 25 heavy (non-hydrogen) atoms. The van der Waals surface area contributed by atoms with Gasteiger partial charge in [-0.05, 0) is 60.0 Å². The van der Waals surface area contributed by atoms with E-state index < -0.39 is 5.60 Å². The molecule has 0 aliphatic carbocycles. The summed E-state index contributed by atoms with van der Waals surface area (Å²) < 4.78 is 5.41. The van der Waals surface area contributed by atoms with E-state index in [1.165, 1.54) is 0 Å². The highest BCUT2D eigenvalue weighted by atomic mass is 16.6. The van der Waals surface area contributed by atoms with Crippen LogP contribution in [-0.4, -0.2) is 67.2 Å². The van der Waals surface area contributed by atoms with Crippen LogP contribution in [0.4, 0.5) is 4.79 Å². The Hall–Kier alpha value is -1.30. The lowest BCUT2D eigenvalue weighted by molar-refractivity contribution is -0.127. The molecule has 1 saturated heterocycles. The first-order chi connectivity index (χ1) is 11.5. The Morgan fingerprint density at radius 1 is 1.20 bits per heavy atom. The summed E-state index contributed by atoms with van der Waals surface area (Å²) in [6.45, 7) is 12.0. The number of likely N-dealkylation sites (tertiary alicyclic amines) is 1. The van der Waals surface area contributed by atoms with Gasteiger partial charge in [0, 0.05) is 31.6 Å². The molecule has 1 heterocycles. The third-order valence-corrected chi connectivity index (χ3v) is 4.21. The van der Waals surface area contributed by atoms with Crippen LogP contribution in [0.5, 0.6) is 0 Å². The zero-order valence-corrected chi connectivity index (χ0v) is 17.1. The molecule has 6 nitrogen and oxygen atoms in total. The summed E-state index contributed by atoms with van der Waals surface area (Å²) in [5, 5.41) is 3.22. The molecule has 1 rings (SSSR count). The lowest BCUT2D eigenvalue weighted by atomic mass is 9.95. The number of likely N-dealkylation sites (N-methyl/N-ethyl adjacent to an activating group) is 1. The maximum atomic E-state index is 12.6. The van der Waals surface area contributed by atoms with E-state index in [0.717, 1.165) is 13.0 Å². The number of nitrogens with zero attached hydrogens (tertiary/aromatic N) is 2. The highest BCUT2D eigenvalue weighted by Gasteiger charge is 2.30. The minimum absolute atomic E-state index is 0.0180. The van der Waals surface area contributed by atoms with Gasteiger partial charge >= 0.3 is 6.09 Å². The van der Waals surface area contributed by atoms with Crippen molar-refractivity contribution >= 4 is 12.0 Å². The van der Waals surface area contributed by atoms with Gasteiger partial charge in [-0.2, -0.15) is 0 Å². The fourth-order valence-electron chi connectivity index (χ4n) is 3.16. The molecule has 2 amide bonds. The molecule has 0 bridgehead atoms. The molecule has 1 aliphatic heterocycles. The highest BCUT2D eigenvalue weighted by Crippen LogP contribution is 2.20. The van der Waals surface area contributed by atoms with Gasteiger partial charge in [-0.3, -0.25) is 4.79 Å². The second kappa shape index (κ2) is 9.41. The first kappa shape index (κ1) is 21.7. The first-order valence-electron chi connectivity index (χ1n) is 9.41. The number of nitrogens with one attached hydrogen (secondary N) is 1.